The highest BCUT2D eigenvalue weighted by molar-refractivity contribution is 5.62. The van der Waals surface area contributed by atoms with Crippen LogP contribution in [0.2, 0.25) is 0 Å². The summed E-state index contributed by atoms with van der Waals surface area (Å²) in [6, 6.07) is 17.0. The van der Waals surface area contributed by atoms with E-state index in [9.17, 15) is 4.79 Å². The van der Waals surface area contributed by atoms with Crippen molar-refractivity contribution >= 4 is 6.29 Å². The Morgan fingerprint density at radius 3 is 1.95 bits per heavy atom. The van der Waals surface area contributed by atoms with Crippen molar-refractivity contribution < 1.29 is 4.79 Å². The molecular formula is C18H20O. The fraction of sp³-hybridized carbons (Fsp3) is 0.278. The average Bonchev–Trinajstić information content (AvgIpc) is 2.44. The second-order valence-electron chi connectivity index (χ2n) is 5.05. The fourth-order valence-corrected chi connectivity index (χ4v) is 2.23. The van der Waals surface area contributed by atoms with Gasteiger partial charge in [-0.3, -0.25) is 0 Å². The monoisotopic (exact) mass is 252 g/mol. The van der Waals surface area contributed by atoms with Gasteiger partial charge >= 0.3 is 0 Å². The molecule has 0 aromatic heterocycles. The quantitative estimate of drug-likeness (QED) is 0.726. The summed E-state index contributed by atoms with van der Waals surface area (Å²) in [6.07, 6.45) is 2.84. The summed E-state index contributed by atoms with van der Waals surface area (Å²) in [4.78, 5) is 10.9. The van der Waals surface area contributed by atoms with Crippen molar-refractivity contribution in [3.63, 3.8) is 0 Å². The normalized spacial score (nSPS) is 12.1. The molecule has 98 valence electrons. The maximum absolute atomic E-state index is 10.9. The van der Waals surface area contributed by atoms with Crippen LogP contribution in [0, 0.1) is 6.92 Å². The summed E-state index contributed by atoms with van der Waals surface area (Å²) in [6.45, 7) is 4.14. The van der Waals surface area contributed by atoms with Crippen molar-refractivity contribution in [3.05, 3.63) is 70.8 Å². The molecule has 0 heterocycles. The lowest BCUT2D eigenvalue weighted by molar-refractivity contribution is -0.109. The van der Waals surface area contributed by atoms with Crippen molar-refractivity contribution in [2.45, 2.75) is 32.6 Å². The number of carbonyl (C=O) groups excluding carboxylic acids is 1. The van der Waals surface area contributed by atoms with Crippen LogP contribution in [0.3, 0.4) is 0 Å². The Morgan fingerprint density at radius 2 is 1.47 bits per heavy atom. The molecule has 0 aliphatic heterocycles. The molecule has 0 N–H and O–H groups in total. The van der Waals surface area contributed by atoms with Gasteiger partial charge in [0.05, 0.1) is 0 Å². The summed E-state index contributed by atoms with van der Waals surface area (Å²) < 4.78 is 0. The lowest BCUT2D eigenvalue weighted by Crippen LogP contribution is -1.98. The maximum atomic E-state index is 10.9. The van der Waals surface area contributed by atoms with Crippen LogP contribution in [0.15, 0.2) is 48.5 Å². The van der Waals surface area contributed by atoms with Crippen LogP contribution in [0.4, 0.5) is 0 Å². The van der Waals surface area contributed by atoms with Crippen LogP contribution in [0.5, 0.6) is 0 Å². The number of aldehydes is 1. The summed E-state index contributed by atoms with van der Waals surface area (Å²) in [5.41, 5.74) is 5.01. The van der Waals surface area contributed by atoms with Gasteiger partial charge in [-0.25, -0.2) is 0 Å². The molecule has 0 saturated heterocycles. The minimum Gasteiger partial charge on any atom is -0.303 e. The number of benzene rings is 2. The zero-order chi connectivity index (χ0) is 13.7. The third-order valence-electron chi connectivity index (χ3n) is 3.54. The van der Waals surface area contributed by atoms with Crippen LogP contribution in [-0.2, 0) is 11.2 Å². The Hall–Kier alpha value is -1.89. The molecule has 0 saturated carbocycles. The largest absolute Gasteiger partial charge is 0.303 e. The summed E-state index contributed by atoms with van der Waals surface area (Å²) >= 11 is 0. The van der Waals surface area contributed by atoms with Crippen molar-refractivity contribution in [1.29, 1.82) is 0 Å². The van der Waals surface area contributed by atoms with Gasteiger partial charge in [0.15, 0.2) is 0 Å². The van der Waals surface area contributed by atoms with E-state index in [1.165, 1.54) is 16.7 Å². The topological polar surface area (TPSA) is 17.1 Å². The van der Waals surface area contributed by atoms with E-state index in [2.05, 4.69) is 55.5 Å². The van der Waals surface area contributed by atoms with Gasteiger partial charge < -0.3 is 4.79 Å². The van der Waals surface area contributed by atoms with Gasteiger partial charge in [-0.15, -0.1) is 0 Å². The highest BCUT2D eigenvalue weighted by atomic mass is 16.1. The number of carbonyl (C=O) groups is 1. The fourth-order valence-electron chi connectivity index (χ4n) is 2.23. The Bertz CT molecular complexity index is 523. The van der Waals surface area contributed by atoms with E-state index in [0.717, 1.165) is 24.7 Å². The zero-order valence-electron chi connectivity index (χ0n) is 11.6. The second kappa shape index (κ2) is 6.33. The smallest absolute Gasteiger partial charge is 0.127 e. The molecule has 2 aromatic carbocycles. The van der Waals surface area contributed by atoms with Gasteiger partial charge in [-0.05, 0) is 36.5 Å². The summed E-state index contributed by atoms with van der Waals surface area (Å²) in [7, 11) is 0. The Balaban J connectivity index is 2.10. The van der Waals surface area contributed by atoms with Crippen LogP contribution in [0.1, 0.15) is 41.5 Å². The lowest BCUT2D eigenvalue weighted by atomic mass is 9.95. The number of hydrogen-bond acceptors (Lipinski definition) is 1. The predicted molar refractivity (Wildman–Crippen MR) is 79.5 cm³/mol. The Kier molecular flexibility index (Phi) is 4.51. The number of rotatable bonds is 5. The first-order valence-electron chi connectivity index (χ1n) is 6.82. The first-order chi connectivity index (χ1) is 9.22. The molecule has 0 radical (unpaired) electrons. The maximum Gasteiger partial charge on any atom is 0.127 e. The molecule has 1 heteroatoms. The molecule has 0 amide bonds. The standard InChI is InChI=1S/C18H20O/c1-3-17(13-19)18-10-8-16(9-11-18)12-15-6-4-14(2)5-7-15/h4-11,13,17H,3,12H2,1-2H3. The van der Waals surface area contributed by atoms with Crippen LogP contribution in [0.25, 0.3) is 0 Å². The average molecular weight is 252 g/mol. The molecule has 0 bridgehead atoms. The molecule has 0 spiro atoms. The first kappa shape index (κ1) is 13.5. The minimum atomic E-state index is 0.0356. The lowest BCUT2D eigenvalue weighted by Gasteiger charge is -2.09. The third kappa shape index (κ3) is 3.54. The van der Waals surface area contributed by atoms with Crippen LogP contribution in [-0.4, -0.2) is 6.29 Å². The van der Waals surface area contributed by atoms with E-state index in [1.54, 1.807) is 0 Å². The molecular weight excluding hydrogens is 232 g/mol. The first-order valence-corrected chi connectivity index (χ1v) is 6.82. The number of hydrogen-bond donors (Lipinski definition) is 0. The summed E-state index contributed by atoms with van der Waals surface area (Å²) in [5, 5.41) is 0. The van der Waals surface area contributed by atoms with Gasteiger partial charge in [0.2, 0.25) is 0 Å². The van der Waals surface area contributed by atoms with Gasteiger partial charge in [-0.2, -0.15) is 0 Å². The molecule has 2 rings (SSSR count). The van der Waals surface area contributed by atoms with Gasteiger partial charge in [-0.1, -0.05) is 61.0 Å². The molecule has 1 atom stereocenters. The van der Waals surface area contributed by atoms with Crippen molar-refractivity contribution in [2.75, 3.05) is 0 Å². The predicted octanol–water partition coefficient (Wildman–Crippen LogP) is 4.28. The van der Waals surface area contributed by atoms with Gasteiger partial charge in [0, 0.05) is 5.92 Å². The Morgan fingerprint density at radius 1 is 0.947 bits per heavy atom. The van der Waals surface area contributed by atoms with E-state index in [4.69, 9.17) is 0 Å². The minimum absolute atomic E-state index is 0.0356. The van der Waals surface area contributed by atoms with Crippen LogP contribution < -0.4 is 0 Å². The molecule has 19 heavy (non-hydrogen) atoms. The van der Waals surface area contributed by atoms with E-state index in [0.29, 0.717) is 0 Å². The van der Waals surface area contributed by atoms with Gasteiger partial charge in [0.25, 0.3) is 0 Å². The van der Waals surface area contributed by atoms with Crippen molar-refractivity contribution in [2.24, 2.45) is 0 Å². The highest BCUT2D eigenvalue weighted by Crippen LogP contribution is 2.19. The van der Waals surface area contributed by atoms with E-state index < -0.39 is 0 Å². The third-order valence-corrected chi connectivity index (χ3v) is 3.54. The molecule has 1 nitrogen and oxygen atoms in total. The van der Waals surface area contributed by atoms with Crippen molar-refractivity contribution in [1.82, 2.24) is 0 Å². The van der Waals surface area contributed by atoms with E-state index in [-0.39, 0.29) is 5.92 Å². The Labute approximate surface area is 115 Å². The summed E-state index contributed by atoms with van der Waals surface area (Å²) in [5.74, 6) is 0.0356. The molecule has 2 aromatic rings. The second-order valence-corrected chi connectivity index (χ2v) is 5.05. The van der Waals surface area contributed by atoms with E-state index in [1.807, 2.05) is 6.92 Å². The molecule has 1 unspecified atom stereocenters. The molecule has 0 aliphatic carbocycles. The SMILES string of the molecule is CCC(C=O)c1ccc(Cc2ccc(C)cc2)cc1. The zero-order valence-corrected chi connectivity index (χ0v) is 11.6. The number of aryl methyl sites for hydroxylation is 1. The van der Waals surface area contributed by atoms with Crippen molar-refractivity contribution in [3.8, 4) is 0 Å². The highest BCUT2D eigenvalue weighted by Gasteiger charge is 2.07. The molecule has 0 aliphatic rings. The molecule has 0 fully saturated rings. The van der Waals surface area contributed by atoms with E-state index >= 15 is 0 Å². The van der Waals surface area contributed by atoms with Gasteiger partial charge in [0.1, 0.15) is 6.29 Å². The van der Waals surface area contributed by atoms with Crippen LogP contribution >= 0.6 is 0 Å².